The van der Waals surface area contributed by atoms with E-state index in [2.05, 4.69) is 52.0 Å². The van der Waals surface area contributed by atoms with Crippen molar-refractivity contribution in [1.29, 1.82) is 0 Å². The molecule has 0 aliphatic heterocycles. The van der Waals surface area contributed by atoms with Crippen molar-refractivity contribution in [1.82, 2.24) is 0 Å². The van der Waals surface area contributed by atoms with E-state index >= 15 is 0 Å². The zero-order valence-electron chi connectivity index (χ0n) is 12.3. The molecular formula is C17H30. The molecular weight excluding hydrogens is 204 g/mol. The van der Waals surface area contributed by atoms with Crippen molar-refractivity contribution in [3.05, 3.63) is 35.4 Å². The minimum Gasteiger partial charge on any atom is -0.0654 e. The SMILES string of the molecule is CCCCCCCC.CCc1ccc(C)cc1. The first kappa shape index (κ1) is 16.2. The molecule has 0 bridgehead atoms. The lowest BCUT2D eigenvalue weighted by Crippen LogP contribution is -1.77. The van der Waals surface area contributed by atoms with Gasteiger partial charge in [-0.3, -0.25) is 0 Å². The van der Waals surface area contributed by atoms with Gasteiger partial charge in [-0.1, -0.05) is 89.1 Å². The molecule has 0 saturated heterocycles. The average molecular weight is 234 g/mol. The molecule has 0 N–H and O–H groups in total. The molecule has 17 heavy (non-hydrogen) atoms. The van der Waals surface area contributed by atoms with Gasteiger partial charge in [0.2, 0.25) is 0 Å². The number of hydrogen-bond acceptors (Lipinski definition) is 0. The first-order chi connectivity index (χ1) is 8.24. The molecule has 0 aromatic heterocycles. The van der Waals surface area contributed by atoms with Gasteiger partial charge in [-0.15, -0.1) is 0 Å². The Bertz CT molecular complexity index is 239. The molecule has 0 aliphatic carbocycles. The van der Waals surface area contributed by atoms with Crippen molar-refractivity contribution in [2.24, 2.45) is 0 Å². The van der Waals surface area contributed by atoms with E-state index in [0.29, 0.717) is 0 Å². The van der Waals surface area contributed by atoms with Gasteiger partial charge in [-0.05, 0) is 18.9 Å². The van der Waals surface area contributed by atoms with Gasteiger partial charge in [0.1, 0.15) is 0 Å². The molecule has 1 rings (SSSR count). The summed E-state index contributed by atoms with van der Waals surface area (Å²) in [5, 5.41) is 0. The Labute approximate surface area is 108 Å². The normalized spacial score (nSPS) is 9.65. The van der Waals surface area contributed by atoms with Crippen molar-refractivity contribution >= 4 is 0 Å². The lowest BCUT2D eigenvalue weighted by Gasteiger charge is -1.94. The molecule has 0 unspecified atom stereocenters. The Morgan fingerprint density at radius 3 is 1.53 bits per heavy atom. The molecule has 0 nitrogen and oxygen atoms in total. The molecule has 0 atom stereocenters. The molecule has 98 valence electrons. The van der Waals surface area contributed by atoms with Gasteiger partial charge in [-0.25, -0.2) is 0 Å². The summed E-state index contributed by atoms with van der Waals surface area (Å²) in [4.78, 5) is 0. The summed E-state index contributed by atoms with van der Waals surface area (Å²) in [6.45, 7) is 8.79. The maximum Gasteiger partial charge on any atom is -0.0307 e. The summed E-state index contributed by atoms with van der Waals surface area (Å²) < 4.78 is 0. The molecule has 0 aliphatic rings. The predicted molar refractivity (Wildman–Crippen MR) is 79.6 cm³/mol. The largest absolute Gasteiger partial charge is 0.0654 e. The molecule has 1 aromatic rings. The highest BCUT2D eigenvalue weighted by Crippen LogP contribution is 2.03. The summed E-state index contributed by atoms with van der Waals surface area (Å²) in [5.41, 5.74) is 2.76. The van der Waals surface area contributed by atoms with Crippen LogP contribution in [0.15, 0.2) is 24.3 Å². The number of benzene rings is 1. The maximum atomic E-state index is 2.26. The molecule has 0 heterocycles. The third-order valence-electron chi connectivity index (χ3n) is 2.99. The van der Waals surface area contributed by atoms with E-state index in [1.165, 1.54) is 49.7 Å². The fourth-order valence-electron chi connectivity index (χ4n) is 1.68. The molecule has 0 radical (unpaired) electrons. The summed E-state index contributed by atoms with van der Waals surface area (Å²) >= 11 is 0. The Morgan fingerprint density at radius 2 is 1.18 bits per heavy atom. The van der Waals surface area contributed by atoms with Gasteiger partial charge in [0.05, 0.1) is 0 Å². The Balaban J connectivity index is 0.000000304. The Kier molecular flexibility index (Phi) is 11.2. The highest BCUT2D eigenvalue weighted by atomic mass is 13.9. The van der Waals surface area contributed by atoms with Crippen molar-refractivity contribution < 1.29 is 0 Å². The van der Waals surface area contributed by atoms with E-state index in [0.717, 1.165) is 6.42 Å². The minimum atomic E-state index is 1.14. The van der Waals surface area contributed by atoms with Crippen LogP contribution in [0.2, 0.25) is 0 Å². The maximum absolute atomic E-state index is 2.26. The summed E-state index contributed by atoms with van der Waals surface area (Å²) in [6.07, 6.45) is 9.63. The van der Waals surface area contributed by atoms with Gasteiger partial charge in [0.25, 0.3) is 0 Å². The molecule has 0 saturated carbocycles. The first-order valence-electron chi connectivity index (χ1n) is 7.30. The monoisotopic (exact) mass is 234 g/mol. The van der Waals surface area contributed by atoms with Crippen LogP contribution >= 0.6 is 0 Å². The van der Waals surface area contributed by atoms with Crippen molar-refractivity contribution in [2.45, 2.75) is 72.6 Å². The second kappa shape index (κ2) is 11.7. The van der Waals surface area contributed by atoms with Crippen molar-refractivity contribution in [3.8, 4) is 0 Å². The number of unbranched alkanes of at least 4 members (excludes halogenated alkanes) is 5. The zero-order valence-corrected chi connectivity index (χ0v) is 12.3. The van der Waals surface area contributed by atoms with Crippen LogP contribution in [-0.4, -0.2) is 0 Å². The molecule has 0 amide bonds. The Hall–Kier alpha value is -0.780. The van der Waals surface area contributed by atoms with Crippen LogP contribution in [0.25, 0.3) is 0 Å². The summed E-state index contributed by atoms with van der Waals surface area (Å²) in [7, 11) is 0. The molecule has 0 spiro atoms. The smallest absolute Gasteiger partial charge is 0.0307 e. The highest BCUT2D eigenvalue weighted by Gasteiger charge is 1.85. The van der Waals surface area contributed by atoms with E-state index in [4.69, 9.17) is 0 Å². The van der Waals surface area contributed by atoms with E-state index in [1.54, 1.807) is 0 Å². The standard InChI is InChI=1S/C9H12.C8H18/c1-3-9-6-4-8(2)5-7-9;1-3-5-7-8-6-4-2/h4-7H,3H2,1-2H3;3-8H2,1-2H3. The third kappa shape index (κ3) is 10.1. The predicted octanol–water partition coefficient (Wildman–Crippen LogP) is 5.92. The van der Waals surface area contributed by atoms with E-state index < -0.39 is 0 Å². The first-order valence-corrected chi connectivity index (χ1v) is 7.30. The van der Waals surface area contributed by atoms with E-state index in [1.807, 2.05) is 0 Å². The van der Waals surface area contributed by atoms with E-state index in [9.17, 15) is 0 Å². The fourth-order valence-corrected chi connectivity index (χ4v) is 1.68. The van der Waals surface area contributed by atoms with Crippen LogP contribution in [0.5, 0.6) is 0 Å². The second-order valence-electron chi connectivity index (χ2n) is 4.75. The van der Waals surface area contributed by atoms with Crippen LogP contribution < -0.4 is 0 Å². The fraction of sp³-hybridized carbons (Fsp3) is 0.647. The number of rotatable bonds is 6. The second-order valence-corrected chi connectivity index (χ2v) is 4.75. The average Bonchev–Trinajstić information content (AvgIpc) is 2.37. The van der Waals surface area contributed by atoms with Crippen LogP contribution in [0, 0.1) is 6.92 Å². The number of aryl methyl sites for hydroxylation is 2. The van der Waals surface area contributed by atoms with E-state index in [-0.39, 0.29) is 0 Å². The molecule has 1 aromatic carbocycles. The van der Waals surface area contributed by atoms with Crippen LogP contribution in [-0.2, 0) is 6.42 Å². The highest BCUT2D eigenvalue weighted by molar-refractivity contribution is 5.20. The van der Waals surface area contributed by atoms with Gasteiger partial charge in [0.15, 0.2) is 0 Å². The molecule has 0 fully saturated rings. The van der Waals surface area contributed by atoms with Gasteiger partial charge in [0, 0.05) is 0 Å². The van der Waals surface area contributed by atoms with Gasteiger partial charge >= 0.3 is 0 Å². The lowest BCUT2D eigenvalue weighted by molar-refractivity contribution is 0.624. The third-order valence-corrected chi connectivity index (χ3v) is 2.99. The van der Waals surface area contributed by atoms with Gasteiger partial charge < -0.3 is 0 Å². The summed E-state index contributed by atoms with van der Waals surface area (Å²) in [5.74, 6) is 0. The minimum absolute atomic E-state index is 1.14. The molecule has 0 heteroatoms. The zero-order chi connectivity index (χ0) is 12.9. The van der Waals surface area contributed by atoms with Crippen molar-refractivity contribution in [2.75, 3.05) is 0 Å². The van der Waals surface area contributed by atoms with Crippen LogP contribution in [0.4, 0.5) is 0 Å². The van der Waals surface area contributed by atoms with Crippen LogP contribution in [0.3, 0.4) is 0 Å². The number of hydrogen-bond donors (Lipinski definition) is 0. The van der Waals surface area contributed by atoms with Crippen molar-refractivity contribution in [3.63, 3.8) is 0 Å². The topological polar surface area (TPSA) is 0 Å². The van der Waals surface area contributed by atoms with Gasteiger partial charge in [-0.2, -0.15) is 0 Å². The Morgan fingerprint density at radius 1 is 0.706 bits per heavy atom. The quantitative estimate of drug-likeness (QED) is 0.536. The lowest BCUT2D eigenvalue weighted by atomic mass is 10.1. The van der Waals surface area contributed by atoms with Crippen LogP contribution in [0.1, 0.15) is 70.4 Å². The summed E-state index contributed by atoms with van der Waals surface area (Å²) in [6, 6.07) is 8.66.